The number of likely N-dealkylation sites (tertiary alicyclic amines) is 1. The number of rotatable bonds is 5. The Hall–Kier alpha value is -1.71. The van der Waals surface area contributed by atoms with Crippen molar-refractivity contribution in [3.05, 3.63) is 60.2 Å². The Balaban J connectivity index is 0.00000208. The molecule has 0 radical (unpaired) electrons. The maximum Gasteiger partial charge on any atom is 0.119 e. The summed E-state index contributed by atoms with van der Waals surface area (Å²) in [6, 6.07) is 18.6. The van der Waals surface area contributed by atoms with Crippen LogP contribution in [0.5, 0.6) is 11.5 Å². The monoisotopic (exact) mass is 347 g/mol. The zero-order chi connectivity index (χ0) is 16.1. The van der Waals surface area contributed by atoms with E-state index in [0.29, 0.717) is 11.8 Å². The summed E-state index contributed by atoms with van der Waals surface area (Å²) < 4.78 is 11.3. The van der Waals surface area contributed by atoms with Crippen molar-refractivity contribution in [2.24, 2.45) is 5.92 Å². The molecule has 0 bridgehead atoms. The number of ether oxygens (including phenoxy) is 2. The van der Waals surface area contributed by atoms with Crippen molar-refractivity contribution in [2.75, 3.05) is 33.9 Å². The Kier molecular flexibility index (Phi) is 6.95. The molecular formula is C20H26ClNO2. The smallest absolute Gasteiger partial charge is 0.119 e. The number of nitrogens with zero attached hydrogens (tertiary/aromatic N) is 1. The molecule has 3 nitrogen and oxygen atoms in total. The average Bonchev–Trinajstić information content (AvgIpc) is 2.61. The van der Waals surface area contributed by atoms with Gasteiger partial charge < -0.3 is 14.4 Å². The van der Waals surface area contributed by atoms with E-state index >= 15 is 0 Å². The molecule has 0 N–H and O–H groups in total. The van der Waals surface area contributed by atoms with Crippen molar-refractivity contribution < 1.29 is 9.47 Å². The molecule has 1 fully saturated rings. The molecule has 3 rings (SSSR count). The molecule has 0 saturated carbocycles. The standard InChI is InChI=1S/C20H25NO2.ClH/c1-21-13-12-20(16-8-10-18(22-2)11-9-16)17(14-21)15-23-19-6-4-3-5-7-19;/h3-11,17,20H,12-15H2,1-2H3;1H/t17-,20+;/m0./s1. The van der Waals surface area contributed by atoms with Crippen molar-refractivity contribution in [3.63, 3.8) is 0 Å². The molecule has 24 heavy (non-hydrogen) atoms. The van der Waals surface area contributed by atoms with Crippen LogP contribution in [0.25, 0.3) is 0 Å². The predicted octanol–water partition coefficient (Wildman–Crippen LogP) is 4.23. The van der Waals surface area contributed by atoms with Gasteiger partial charge in [0.1, 0.15) is 11.5 Å². The molecule has 1 saturated heterocycles. The summed E-state index contributed by atoms with van der Waals surface area (Å²) in [4.78, 5) is 2.40. The fourth-order valence-corrected chi connectivity index (χ4v) is 3.39. The molecule has 4 heteroatoms. The number of para-hydroxylation sites is 1. The van der Waals surface area contributed by atoms with Gasteiger partial charge in [-0.05, 0) is 55.8 Å². The van der Waals surface area contributed by atoms with Crippen LogP contribution in [0.2, 0.25) is 0 Å². The van der Waals surface area contributed by atoms with Crippen LogP contribution in [0.4, 0.5) is 0 Å². The van der Waals surface area contributed by atoms with Gasteiger partial charge in [0.15, 0.2) is 0 Å². The first kappa shape index (κ1) is 18.6. The van der Waals surface area contributed by atoms with Gasteiger partial charge in [-0.1, -0.05) is 30.3 Å². The van der Waals surface area contributed by atoms with Crippen LogP contribution in [0.1, 0.15) is 17.9 Å². The minimum atomic E-state index is 0. The fourth-order valence-electron chi connectivity index (χ4n) is 3.39. The van der Waals surface area contributed by atoms with Crippen LogP contribution in [-0.2, 0) is 0 Å². The van der Waals surface area contributed by atoms with E-state index in [2.05, 4.69) is 36.2 Å². The van der Waals surface area contributed by atoms with Crippen molar-refractivity contribution in [3.8, 4) is 11.5 Å². The maximum absolute atomic E-state index is 6.04. The minimum Gasteiger partial charge on any atom is -0.497 e. The third-order valence-electron chi connectivity index (χ3n) is 4.69. The van der Waals surface area contributed by atoms with Crippen molar-refractivity contribution >= 4 is 12.4 Å². The molecular weight excluding hydrogens is 322 g/mol. The second kappa shape index (κ2) is 8.95. The first-order valence-corrected chi connectivity index (χ1v) is 8.26. The molecule has 1 heterocycles. The third-order valence-corrected chi connectivity index (χ3v) is 4.69. The summed E-state index contributed by atoms with van der Waals surface area (Å²) >= 11 is 0. The number of piperidine rings is 1. The van der Waals surface area contributed by atoms with Gasteiger partial charge in [-0.25, -0.2) is 0 Å². The Labute approximate surface area is 151 Å². The highest BCUT2D eigenvalue weighted by atomic mass is 35.5. The van der Waals surface area contributed by atoms with Crippen LogP contribution in [0.3, 0.4) is 0 Å². The molecule has 1 aliphatic rings. The third kappa shape index (κ3) is 4.65. The number of halogens is 1. The molecule has 2 atom stereocenters. The molecule has 0 amide bonds. The second-order valence-corrected chi connectivity index (χ2v) is 6.31. The normalized spacial score (nSPS) is 20.9. The Morgan fingerprint density at radius 3 is 2.38 bits per heavy atom. The van der Waals surface area contributed by atoms with Crippen LogP contribution >= 0.6 is 12.4 Å². The van der Waals surface area contributed by atoms with E-state index < -0.39 is 0 Å². The van der Waals surface area contributed by atoms with Gasteiger partial charge in [0.05, 0.1) is 13.7 Å². The highest BCUT2D eigenvalue weighted by molar-refractivity contribution is 5.85. The summed E-state index contributed by atoms with van der Waals surface area (Å²) in [6.45, 7) is 2.97. The Morgan fingerprint density at radius 2 is 1.71 bits per heavy atom. The number of methoxy groups -OCH3 is 1. The van der Waals surface area contributed by atoms with E-state index in [0.717, 1.165) is 31.2 Å². The Bertz CT molecular complexity index is 603. The van der Waals surface area contributed by atoms with Crippen molar-refractivity contribution in [2.45, 2.75) is 12.3 Å². The summed E-state index contributed by atoms with van der Waals surface area (Å²) in [5.41, 5.74) is 1.39. The molecule has 0 unspecified atom stereocenters. The van der Waals surface area contributed by atoms with Crippen LogP contribution in [0, 0.1) is 5.92 Å². The van der Waals surface area contributed by atoms with E-state index in [1.807, 2.05) is 30.3 Å². The lowest BCUT2D eigenvalue weighted by Crippen LogP contribution is -2.39. The van der Waals surface area contributed by atoms with Gasteiger partial charge in [0.2, 0.25) is 0 Å². The largest absolute Gasteiger partial charge is 0.497 e. The SMILES string of the molecule is COc1ccc([C@H]2CCN(C)C[C@H]2COc2ccccc2)cc1.Cl. The van der Waals surface area contributed by atoms with E-state index in [1.165, 1.54) is 12.0 Å². The number of hydrogen-bond acceptors (Lipinski definition) is 3. The molecule has 0 aliphatic carbocycles. The fraction of sp³-hybridized carbons (Fsp3) is 0.400. The summed E-state index contributed by atoms with van der Waals surface area (Å²) in [5, 5.41) is 0. The second-order valence-electron chi connectivity index (χ2n) is 6.31. The number of hydrogen-bond donors (Lipinski definition) is 0. The maximum atomic E-state index is 6.04. The van der Waals surface area contributed by atoms with E-state index in [4.69, 9.17) is 9.47 Å². The molecule has 130 valence electrons. The molecule has 2 aromatic rings. The van der Waals surface area contributed by atoms with Gasteiger partial charge >= 0.3 is 0 Å². The lowest BCUT2D eigenvalue weighted by Gasteiger charge is -2.37. The molecule has 0 spiro atoms. The molecule has 0 aromatic heterocycles. The number of benzene rings is 2. The quantitative estimate of drug-likeness (QED) is 0.807. The minimum absolute atomic E-state index is 0. The van der Waals surface area contributed by atoms with Gasteiger partial charge in [0, 0.05) is 12.5 Å². The predicted molar refractivity (Wildman–Crippen MR) is 101 cm³/mol. The van der Waals surface area contributed by atoms with Crippen molar-refractivity contribution in [1.29, 1.82) is 0 Å². The van der Waals surface area contributed by atoms with E-state index in [-0.39, 0.29) is 12.4 Å². The lowest BCUT2D eigenvalue weighted by molar-refractivity contribution is 0.129. The van der Waals surface area contributed by atoms with Crippen LogP contribution < -0.4 is 9.47 Å². The zero-order valence-electron chi connectivity index (χ0n) is 14.4. The van der Waals surface area contributed by atoms with Gasteiger partial charge in [-0.15, -0.1) is 12.4 Å². The van der Waals surface area contributed by atoms with Crippen molar-refractivity contribution in [1.82, 2.24) is 4.90 Å². The van der Waals surface area contributed by atoms with Crippen LogP contribution in [0.15, 0.2) is 54.6 Å². The lowest BCUT2D eigenvalue weighted by atomic mass is 9.81. The molecule has 2 aromatic carbocycles. The van der Waals surface area contributed by atoms with Gasteiger partial charge in [-0.3, -0.25) is 0 Å². The summed E-state index contributed by atoms with van der Waals surface area (Å²) in [7, 11) is 3.90. The highest BCUT2D eigenvalue weighted by Gasteiger charge is 2.29. The summed E-state index contributed by atoms with van der Waals surface area (Å²) in [5.74, 6) is 2.91. The zero-order valence-corrected chi connectivity index (χ0v) is 15.2. The first-order valence-electron chi connectivity index (χ1n) is 8.26. The highest BCUT2D eigenvalue weighted by Crippen LogP contribution is 2.34. The average molecular weight is 348 g/mol. The first-order chi connectivity index (χ1) is 11.3. The molecule has 1 aliphatic heterocycles. The van der Waals surface area contributed by atoms with Gasteiger partial charge in [-0.2, -0.15) is 0 Å². The van der Waals surface area contributed by atoms with Gasteiger partial charge in [0.25, 0.3) is 0 Å². The Morgan fingerprint density at radius 1 is 1.00 bits per heavy atom. The summed E-state index contributed by atoms with van der Waals surface area (Å²) in [6.07, 6.45) is 1.17. The topological polar surface area (TPSA) is 21.7 Å². The van der Waals surface area contributed by atoms with E-state index in [9.17, 15) is 0 Å². The van der Waals surface area contributed by atoms with Crippen LogP contribution in [-0.4, -0.2) is 38.8 Å². The van der Waals surface area contributed by atoms with E-state index in [1.54, 1.807) is 7.11 Å².